The molecule has 1 atom stereocenters. The minimum atomic E-state index is -0.0792. The van der Waals surface area contributed by atoms with Gasteiger partial charge in [-0.2, -0.15) is 0 Å². The van der Waals surface area contributed by atoms with Gasteiger partial charge in [-0.15, -0.1) is 0 Å². The monoisotopic (exact) mass is 283 g/mol. The quantitative estimate of drug-likeness (QED) is 0.657. The van der Waals surface area contributed by atoms with Gasteiger partial charge in [-0.25, -0.2) is 15.8 Å². The number of hydrogen-bond donors (Lipinski definition) is 2. The molecule has 0 spiro atoms. The smallest absolute Gasteiger partial charge is 0.274 e. The van der Waals surface area contributed by atoms with Gasteiger partial charge in [0.2, 0.25) is 0 Å². The number of nitrogens with two attached hydrogens (primary N) is 1. The molecule has 1 aromatic heterocycles. The molecule has 2 aromatic rings. The molecule has 1 aliphatic heterocycles. The maximum atomic E-state index is 12.4. The van der Waals surface area contributed by atoms with Crippen molar-refractivity contribution in [3.05, 3.63) is 54.0 Å². The molecule has 21 heavy (non-hydrogen) atoms. The predicted octanol–water partition coefficient (Wildman–Crippen LogP) is 1.39. The van der Waals surface area contributed by atoms with Crippen molar-refractivity contribution in [3.8, 4) is 0 Å². The summed E-state index contributed by atoms with van der Waals surface area (Å²) in [4.78, 5) is 22.3. The maximum absolute atomic E-state index is 12.4. The van der Waals surface area contributed by atoms with E-state index in [4.69, 9.17) is 5.84 Å². The first-order chi connectivity index (χ1) is 10.3. The summed E-state index contributed by atoms with van der Waals surface area (Å²) in [5, 5.41) is 0. The molecule has 0 saturated carbocycles. The molecule has 3 N–H and O–H groups in total. The zero-order valence-electron chi connectivity index (χ0n) is 11.6. The molecule has 0 bridgehead atoms. The minimum absolute atomic E-state index is 0.0792. The molecule has 1 aliphatic rings. The van der Waals surface area contributed by atoms with Gasteiger partial charge in [-0.1, -0.05) is 30.3 Å². The molecule has 2 heterocycles. The lowest BCUT2D eigenvalue weighted by Gasteiger charge is -2.16. The average molecular weight is 283 g/mol. The van der Waals surface area contributed by atoms with Crippen molar-refractivity contribution in [1.82, 2.24) is 14.9 Å². The molecular formula is C15H17N5O. The minimum Gasteiger partial charge on any atom is -0.337 e. The SMILES string of the molecule is NNc1cnc(C(=O)N2CCC(c3ccccc3)C2)cn1. The van der Waals surface area contributed by atoms with Gasteiger partial charge in [0.25, 0.3) is 5.91 Å². The lowest BCUT2D eigenvalue weighted by atomic mass is 9.99. The number of nitrogens with zero attached hydrogens (tertiary/aromatic N) is 3. The normalized spacial score (nSPS) is 17.8. The Morgan fingerprint density at radius 3 is 2.71 bits per heavy atom. The molecular weight excluding hydrogens is 266 g/mol. The second-order valence-corrected chi connectivity index (χ2v) is 5.08. The summed E-state index contributed by atoms with van der Waals surface area (Å²) >= 11 is 0. The van der Waals surface area contributed by atoms with E-state index in [0.717, 1.165) is 19.5 Å². The van der Waals surface area contributed by atoms with Gasteiger partial charge in [0.1, 0.15) is 5.69 Å². The van der Waals surface area contributed by atoms with Gasteiger partial charge in [0.05, 0.1) is 12.4 Å². The first-order valence-corrected chi connectivity index (χ1v) is 6.91. The van der Waals surface area contributed by atoms with Crippen LogP contribution < -0.4 is 11.3 Å². The number of aromatic nitrogens is 2. The summed E-state index contributed by atoms with van der Waals surface area (Å²) in [7, 11) is 0. The number of rotatable bonds is 3. The number of likely N-dealkylation sites (tertiary alicyclic amines) is 1. The highest BCUT2D eigenvalue weighted by Crippen LogP contribution is 2.27. The fourth-order valence-electron chi connectivity index (χ4n) is 2.62. The summed E-state index contributed by atoms with van der Waals surface area (Å²) in [6.07, 6.45) is 3.89. The molecule has 1 saturated heterocycles. The van der Waals surface area contributed by atoms with Crippen LogP contribution in [0, 0.1) is 0 Å². The third-order valence-electron chi connectivity index (χ3n) is 3.77. The molecule has 1 amide bonds. The second-order valence-electron chi connectivity index (χ2n) is 5.08. The number of hydrogen-bond acceptors (Lipinski definition) is 5. The fraction of sp³-hybridized carbons (Fsp3) is 0.267. The topological polar surface area (TPSA) is 84.1 Å². The lowest BCUT2D eigenvalue weighted by molar-refractivity contribution is 0.0784. The van der Waals surface area contributed by atoms with E-state index in [1.807, 2.05) is 23.1 Å². The summed E-state index contributed by atoms with van der Waals surface area (Å²) in [6, 6.07) is 10.3. The van der Waals surface area contributed by atoms with E-state index in [2.05, 4.69) is 27.5 Å². The number of benzene rings is 1. The highest BCUT2D eigenvalue weighted by molar-refractivity contribution is 5.92. The first kappa shape index (κ1) is 13.5. The van der Waals surface area contributed by atoms with Crippen LogP contribution in [-0.4, -0.2) is 33.9 Å². The van der Waals surface area contributed by atoms with Crippen LogP contribution >= 0.6 is 0 Å². The Balaban J connectivity index is 1.69. The number of carbonyl (C=O) groups excluding carboxylic acids is 1. The van der Waals surface area contributed by atoms with Gasteiger partial charge in [0, 0.05) is 19.0 Å². The van der Waals surface area contributed by atoms with Crippen LogP contribution in [0.4, 0.5) is 5.82 Å². The van der Waals surface area contributed by atoms with Crippen LogP contribution in [0.2, 0.25) is 0 Å². The third-order valence-corrected chi connectivity index (χ3v) is 3.77. The molecule has 3 rings (SSSR count). The van der Waals surface area contributed by atoms with Crippen molar-refractivity contribution < 1.29 is 4.79 Å². The zero-order chi connectivity index (χ0) is 14.7. The summed E-state index contributed by atoms with van der Waals surface area (Å²) < 4.78 is 0. The van der Waals surface area contributed by atoms with Gasteiger partial charge in [-0.05, 0) is 12.0 Å². The Labute approximate surface area is 123 Å². The average Bonchev–Trinajstić information content (AvgIpc) is 3.05. The second kappa shape index (κ2) is 5.88. The van der Waals surface area contributed by atoms with Crippen LogP contribution in [0.3, 0.4) is 0 Å². The van der Waals surface area contributed by atoms with Crippen molar-refractivity contribution >= 4 is 11.7 Å². The highest BCUT2D eigenvalue weighted by Gasteiger charge is 2.28. The Morgan fingerprint density at radius 1 is 1.24 bits per heavy atom. The molecule has 1 fully saturated rings. The molecule has 0 aliphatic carbocycles. The van der Waals surface area contributed by atoms with Gasteiger partial charge in [0.15, 0.2) is 5.82 Å². The van der Waals surface area contributed by atoms with E-state index in [-0.39, 0.29) is 5.91 Å². The number of hydrazine groups is 1. The molecule has 6 heteroatoms. The number of nitrogens with one attached hydrogen (secondary N) is 1. The predicted molar refractivity (Wildman–Crippen MR) is 79.5 cm³/mol. The first-order valence-electron chi connectivity index (χ1n) is 6.91. The van der Waals surface area contributed by atoms with E-state index in [1.54, 1.807) is 0 Å². The van der Waals surface area contributed by atoms with Crippen molar-refractivity contribution in [2.45, 2.75) is 12.3 Å². The van der Waals surface area contributed by atoms with E-state index >= 15 is 0 Å². The standard InChI is InChI=1S/C15H17N5O/c16-19-14-9-17-13(8-18-14)15(21)20-7-6-12(10-20)11-4-2-1-3-5-11/h1-5,8-9,12H,6-7,10,16H2,(H,18,19). The molecule has 1 unspecified atom stereocenters. The molecule has 1 aromatic carbocycles. The van der Waals surface area contributed by atoms with Crippen molar-refractivity contribution in [3.63, 3.8) is 0 Å². The third kappa shape index (κ3) is 2.85. The Hall–Kier alpha value is -2.47. The van der Waals surface area contributed by atoms with E-state index in [1.165, 1.54) is 18.0 Å². The zero-order valence-corrected chi connectivity index (χ0v) is 11.6. The van der Waals surface area contributed by atoms with Crippen LogP contribution in [0.15, 0.2) is 42.7 Å². The number of anilines is 1. The summed E-state index contributed by atoms with van der Waals surface area (Å²) in [5.74, 6) is 5.99. The van der Waals surface area contributed by atoms with Crippen LogP contribution in [0.1, 0.15) is 28.4 Å². The van der Waals surface area contributed by atoms with Gasteiger partial charge >= 0.3 is 0 Å². The Kier molecular flexibility index (Phi) is 3.79. The van der Waals surface area contributed by atoms with Crippen LogP contribution in [0.25, 0.3) is 0 Å². The van der Waals surface area contributed by atoms with E-state index < -0.39 is 0 Å². The van der Waals surface area contributed by atoms with Crippen molar-refractivity contribution in [2.24, 2.45) is 5.84 Å². The number of carbonyl (C=O) groups is 1. The van der Waals surface area contributed by atoms with Crippen molar-refractivity contribution in [1.29, 1.82) is 0 Å². The van der Waals surface area contributed by atoms with E-state index in [9.17, 15) is 4.79 Å². The van der Waals surface area contributed by atoms with Gasteiger partial charge in [-0.3, -0.25) is 4.79 Å². The number of amides is 1. The highest BCUT2D eigenvalue weighted by atomic mass is 16.2. The lowest BCUT2D eigenvalue weighted by Crippen LogP contribution is -2.29. The summed E-state index contributed by atoms with van der Waals surface area (Å²) in [6.45, 7) is 1.47. The van der Waals surface area contributed by atoms with E-state index in [0.29, 0.717) is 17.4 Å². The maximum Gasteiger partial charge on any atom is 0.274 e. The largest absolute Gasteiger partial charge is 0.337 e. The van der Waals surface area contributed by atoms with Crippen molar-refractivity contribution in [2.75, 3.05) is 18.5 Å². The van der Waals surface area contributed by atoms with Gasteiger partial charge < -0.3 is 10.3 Å². The molecule has 6 nitrogen and oxygen atoms in total. The fourth-order valence-corrected chi connectivity index (χ4v) is 2.62. The van der Waals surface area contributed by atoms with Crippen LogP contribution in [0.5, 0.6) is 0 Å². The Bertz CT molecular complexity index is 614. The molecule has 108 valence electrons. The molecule has 0 radical (unpaired) electrons. The Morgan fingerprint density at radius 2 is 2.05 bits per heavy atom. The van der Waals surface area contributed by atoms with Crippen LogP contribution in [-0.2, 0) is 0 Å². The number of nitrogen functional groups attached to an aromatic ring is 1. The summed E-state index contributed by atoms with van der Waals surface area (Å²) in [5.41, 5.74) is 4.02.